The number of aromatic nitrogens is 1. The van der Waals surface area contributed by atoms with Gasteiger partial charge >= 0.3 is 5.97 Å². The summed E-state index contributed by atoms with van der Waals surface area (Å²) in [6.45, 7) is 2.66. The van der Waals surface area contributed by atoms with Crippen LogP contribution >= 0.6 is 0 Å². The Hall–Kier alpha value is -4.09. The number of rotatable bonds is 10. The van der Waals surface area contributed by atoms with Crippen LogP contribution in [-0.4, -0.2) is 84.4 Å². The highest BCUT2D eigenvalue weighted by Gasteiger charge is 2.47. The summed E-state index contributed by atoms with van der Waals surface area (Å²) in [7, 11) is 2.82. The van der Waals surface area contributed by atoms with Crippen LogP contribution in [0.3, 0.4) is 0 Å². The molecule has 45 heavy (non-hydrogen) atoms. The maximum Gasteiger partial charge on any atom is 0.328 e. The molecule has 2 aromatic rings. The number of carbonyl (C=O) groups excluding carboxylic acids is 5. The van der Waals surface area contributed by atoms with Crippen molar-refractivity contribution in [3.8, 4) is 5.75 Å². The Bertz CT molecular complexity index is 1420. The molecule has 12 nitrogen and oxygen atoms in total. The van der Waals surface area contributed by atoms with Crippen molar-refractivity contribution < 1.29 is 33.4 Å². The number of esters is 1. The van der Waals surface area contributed by atoms with E-state index in [1.165, 1.54) is 7.11 Å². The molecule has 1 aliphatic carbocycles. The molecule has 3 fully saturated rings. The SMILES string of the molecule is COC(=O)C(CC1CC2(CCN(C(C)=O)CC2)NC1=O)NC(=O)[C@H](CC1CCCCC1)NC(=O)c1cc2c(OC)cccc2[nH]1. The molecular weight excluding hydrogens is 578 g/mol. The van der Waals surface area contributed by atoms with Crippen molar-refractivity contribution in [3.05, 3.63) is 30.0 Å². The van der Waals surface area contributed by atoms with Crippen LogP contribution in [-0.2, 0) is 23.9 Å². The lowest BCUT2D eigenvalue weighted by atomic mass is 9.82. The molecule has 4 N–H and O–H groups in total. The smallest absolute Gasteiger partial charge is 0.328 e. The molecule has 3 atom stereocenters. The number of hydrogen-bond donors (Lipinski definition) is 4. The summed E-state index contributed by atoms with van der Waals surface area (Å²) in [6.07, 6.45) is 7.53. The molecule has 0 radical (unpaired) electrons. The van der Waals surface area contributed by atoms with Crippen molar-refractivity contribution in [2.75, 3.05) is 27.3 Å². The third-order valence-electron chi connectivity index (χ3n) is 9.89. The Morgan fingerprint density at radius 3 is 2.42 bits per heavy atom. The lowest BCUT2D eigenvalue weighted by molar-refractivity contribution is -0.146. The van der Waals surface area contributed by atoms with Crippen LogP contribution in [0.2, 0.25) is 0 Å². The van der Waals surface area contributed by atoms with Gasteiger partial charge in [0.15, 0.2) is 0 Å². The second-order valence-corrected chi connectivity index (χ2v) is 12.9. The predicted octanol–water partition coefficient (Wildman–Crippen LogP) is 2.81. The van der Waals surface area contributed by atoms with Gasteiger partial charge in [0, 0.05) is 42.4 Å². The van der Waals surface area contributed by atoms with Crippen LogP contribution in [0.15, 0.2) is 24.3 Å². The number of benzene rings is 1. The summed E-state index contributed by atoms with van der Waals surface area (Å²) < 4.78 is 10.5. The first kappa shape index (κ1) is 32.3. The molecule has 244 valence electrons. The zero-order valence-electron chi connectivity index (χ0n) is 26.4. The van der Waals surface area contributed by atoms with E-state index >= 15 is 0 Å². The van der Waals surface area contributed by atoms with E-state index in [0.29, 0.717) is 50.2 Å². The number of ether oxygens (including phenoxy) is 2. The first-order valence-corrected chi connectivity index (χ1v) is 16.0. The maximum absolute atomic E-state index is 13.8. The number of fused-ring (bicyclic) bond motifs is 1. The normalized spacial score (nSPS) is 21.2. The fourth-order valence-corrected chi connectivity index (χ4v) is 7.31. The Balaban J connectivity index is 1.29. The molecule has 3 heterocycles. The van der Waals surface area contributed by atoms with Gasteiger partial charge in [-0.25, -0.2) is 4.79 Å². The highest BCUT2D eigenvalue weighted by atomic mass is 16.5. The Labute approximate surface area is 263 Å². The highest BCUT2D eigenvalue weighted by molar-refractivity contribution is 6.01. The van der Waals surface area contributed by atoms with Gasteiger partial charge in [-0.2, -0.15) is 0 Å². The second kappa shape index (κ2) is 13.9. The van der Waals surface area contributed by atoms with Crippen molar-refractivity contribution in [1.82, 2.24) is 25.8 Å². The van der Waals surface area contributed by atoms with Crippen molar-refractivity contribution in [1.29, 1.82) is 0 Å². The highest BCUT2D eigenvalue weighted by Crippen LogP contribution is 2.37. The first-order chi connectivity index (χ1) is 21.6. The van der Waals surface area contributed by atoms with Gasteiger partial charge in [-0.1, -0.05) is 38.2 Å². The average Bonchev–Trinajstić information content (AvgIpc) is 3.61. The first-order valence-electron chi connectivity index (χ1n) is 16.0. The van der Waals surface area contributed by atoms with Crippen LogP contribution in [0, 0.1) is 11.8 Å². The van der Waals surface area contributed by atoms with Gasteiger partial charge in [-0.05, 0) is 56.2 Å². The predicted molar refractivity (Wildman–Crippen MR) is 166 cm³/mol. The lowest BCUT2D eigenvalue weighted by Crippen LogP contribution is -2.53. The van der Waals surface area contributed by atoms with E-state index < -0.39 is 41.3 Å². The lowest BCUT2D eigenvalue weighted by Gasteiger charge is -2.39. The molecular formula is C33H45N5O7. The van der Waals surface area contributed by atoms with Gasteiger partial charge in [0.05, 0.1) is 14.2 Å². The molecule has 4 amide bonds. The van der Waals surface area contributed by atoms with Crippen molar-refractivity contribution in [2.45, 2.75) is 88.8 Å². The summed E-state index contributed by atoms with van der Waals surface area (Å²) in [5, 5.41) is 9.62. The number of amides is 4. The van der Waals surface area contributed by atoms with Crippen molar-refractivity contribution in [3.63, 3.8) is 0 Å². The third-order valence-corrected chi connectivity index (χ3v) is 9.89. The van der Waals surface area contributed by atoms with E-state index in [2.05, 4.69) is 20.9 Å². The van der Waals surface area contributed by atoms with E-state index in [-0.39, 0.29) is 24.2 Å². The van der Waals surface area contributed by atoms with Gasteiger partial charge in [0.1, 0.15) is 23.5 Å². The summed E-state index contributed by atoms with van der Waals surface area (Å²) in [4.78, 5) is 70.0. The molecule has 2 aliphatic heterocycles. The van der Waals surface area contributed by atoms with Gasteiger partial charge in [-0.15, -0.1) is 0 Å². The molecule has 3 aliphatic rings. The third kappa shape index (κ3) is 7.42. The van der Waals surface area contributed by atoms with E-state index in [9.17, 15) is 24.0 Å². The maximum atomic E-state index is 13.8. The Kier molecular flexibility index (Phi) is 9.99. The van der Waals surface area contributed by atoms with Gasteiger partial charge in [0.2, 0.25) is 17.7 Å². The number of aromatic amines is 1. The van der Waals surface area contributed by atoms with Crippen molar-refractivity contribution in [2.24, 2.45) is 11.8 Å². The number of likely N-dealkylation sites (tertiary alicyclic amines) is 1. The van der Waals surface area contributed by atoms with Gasteiger partial charge < -0.3 is 35.3 Å². The van der Waals surface area contributed by atoms with Gasteiger partial charge in [0.25, 0.3) is 5.91 Å². The summed E-state index contributed by atoms with van der Waals surface area (Å²) >= 11 is 0. The monoisotopic (exact) mass is 623 g/mol. The van der Waals surface area contributed by atoms with Crippen LogP contribution in [0.25, 0.3) is 10.9 Å². The number of methoxy groups -OCH3 is 2. The zero-order valence-corrected chi connectivity index (χ0v) is 26.4. The van der Waals surface area contributed by atoms with Crippen LogP contribution in [0.4, 0.5) is 0 Å². The van der Waals surface area contributed by atoms with E-state index in [4.69, 9.17) is 9.47 Å². The minimum absolute atomic E-state index is 0.0123. The topological polar surface area (TPSA) is 159 Å². The standard InChI is InChI=1S/C33H45N5O7/c1-20(39)38-14-12-33(13-15-38)19-22(29(40)37-33)17-27(32(43)45-3)36-30(41)25(16-21-8-5-4-6-9-21)35-31(42)26-18-23-24(34-26)10-7-11-28(23)44-2/h7,10-11,18,21-22,25,27,34H,4-6,8-9,12-17,19H2,1-3H3,(H,35,42)(H,36,41)(H,37,40)/t22?,25-,27?/m0/s1. The van der Waals surface area contributed by atoms with E-state index in [0.717, 1.165) is 43.0 Å². The quantitative estimate of drug-likeness (QED) is 0.296. The number of nitrogens with zero attached hydrogens (tertiary/aromatic N) is 1. The Morgan fingerprint density at radius 2 is 1.76 bits per heavy atom. The van der Waals surface area contributed by atoms with Crippen LogP contribution in [0.5, 0.6) is 5.75 Å². The summed E-state index contributed by atoms with van der Waals surface area (Å²) in [5.74, 6) is -1.35. The largest absolute Gasteiger partial charge is 0.496 e. The number of carbonyl (C=O) groups is 5. The number of H-pyrrole nitrogens is 1. The summed E-state index contributed by atoms with van der Waals surface area (Å²) in [5.41, 5.74) is 0.598. The minimum atomic E-state index is -1.06. The number of nitrogens with one attached hydrogen (secondary N) is 4. The average molecular weight is 624 g/mol. The van der Waals surface area contributed by atoms with Crippen LogP contribution < -0.4 is 20.7 Å². The van der Waals surface area contributed by atoms with Gasteiger partial charge in [-0.3, -0.25) is 19.2 Å². The van der Waals surface area contributed by atoms with Crippen LogP contribution in [0.1, 0.15) is 81.6 Å². The van der Waals surface area contributed by atoms with Crippen molar-refractivity contribution >= 4 is 40.5 Å². The molecule has 5 rings (SSSR count). The fraction of sp³-hybridized carbons (Fsp3) is 0.606. The molecule has 1 aromatic carbocycles. The Morgan fingerprint density at radius 1 is 1.02 bits per heavy atom. The molecule has 2 unspecified atom stereocenters. The molecule has 1 aromatic heterocycles. The van der Waals surface area contributed by atoms with E-state index in [1.807, 2.05) is 18.2 Å². The molecule has 0 bridgehead atoms. The molecule has 12 heteroatoms. The molecule has 2 saturated heterocycles. The number of piperidine rings is 1. The number of hydrogen-bond acceptors (Lipinski definition) is 7. The van der Waals surface area contributed by atoms with E-state index in [1.54, 1.807) is 25.0 Å². The summed E-state index contributed by atoms with van der Waals surface area (Å²) in [6, 6.07) is 5.23. The second-order valence-electron chi connectivity index (χ2n) is 12.9. The molecule has 1 saturated carbocycles. The minimum Gasteiger partial charge on any atom is -0.496 e. The zero-order chi connectivity index (χ0) is 32.1. The molecule has 1 spiro atoms. The fourth-order valence-electron chi connectivity index (χ4n) is 7.31.